The number of pyridine rings is 1. The first-order valence-electron chi connectivity index (χ1n) is 5.97. The van der Waals surface area contributed by atoms with Gasteiger partial charge in [-0.3, -0.25) is 4.79 Å². The lowest BCUT2D eigenvalue weighted by Crippen LogP contribution is -2.29. The summed E-state index contributed by atoms with van der Waals surface area (Å²) in [6, 6.07) is 9.43. The van der Waals surface area contributed by atoms with E-state index in [9.17, 15) is 4.79 Å². The van der Waals surface area contributed by atoms with E-state index in [2.05, 4.69) is 4.98 Å². The third kappa shape index (κ3) is 2.04. The smallest absolute Gasteiger partial charge is 0.261 e. The predicted octanol–water partition coefficient (Wildman–Crippen LogP) is 2.52. The summed E-state index contributed by atoms with van der Waals surface area (Å²) < 4.78 is 0. The van der Waals surface area contributed by atoms with Crippen LogP contribution in [0, 0.1) is 0 Å². The minimum atomic E-state index is -0.158. The van der Waals surface area contributed by atoms with Crippen molar-refractivity contribution in [3.63, 3.8) is 0 Å². The maximum absolute atomic E-state index is 12.5. The van der Waals surface area contributed by atoms with Crippen LogP contribution in [0.3, 0.4) is 0 Å². The lowest BCUT2D eigenvalue weighted by Gasteiger charge is -2.17. The quantitative estimate of drug-likeness (QED) is 0.812. The SMILES string of the molecule is Nc1cnc(Cl)c(C(=O)N2CCc3ccccc32)c1. The second-order valence-electron chi connectivity index (χ2n) is 4.44. The molecule has 1 aromatic heterocycles. The number of amides is 1. The Morgan fingerprint density at radius 1 is 1.37 bits per heavy atom. The van der Waals surface area contributed by atoms with Crippen LogP contribution in [0.2, 0.25) is 5.15 Å². The molecular weight excluding hydrogens is 262 g/mol. The number of carbonyl (C=O) groups excluding carboxylic acids is 1. The number of carbonyl (C=O) groups is 1. The molecule has 1 aliphatic rings. The number of aromatic nitrogens is 1. The van der Waals surface area contributed by atoms with Crippen LogP contribution in [0.4, 0.5) is 11.4 Å². The molecule has 5 heteroatoms. The fourth-order valence-electron chi connectivity index (χ4n) is 2.31. The minimum Gasteiger partial charge on any atom is -0.397 e. The number of para-hydroxylation sites is 1. The minimum absolute atomic E-state index is 0.158. The molecular formula is C14H12ClN3O. The molecule has 2 heterocycles. The van der Waals surface area contributed by atoms with Crippen molar-refractivity contribution in [2.24, 2.45) is 0 Å². The number of hydrogen-bond donors (Lipinski definition) is 1. The molecule has 19 heavy (non-hydrogen) atoms. The summed E-state index contributed by atoms with van der Waals surface area (Å²) in [6.45, 7) is 0.656. The van der Waals surface area contributed by atoms with Gasteiger partial charge in [0.05, 0.1) is 17.4 Å². The Bertz CT molecular complexity index is 657. The van der Waals surface area contributed by atoms with Crippen LogP contribution in [-0.4, -0.2) is 17.4 Å². The van der Waals surface area contributed by atoms with Gasteiger partial charge in [0.25, 0.3) is 5.91 Å². The normalized spacial score (nSPS) is 13.4. The number of nitrogen functional groups attached to an aromatic ring is 1. The van der Waals surface area contributed by atoms with E-state index in [1.165, 1.54) is 11.8 Å². The van der Waals surface area contributed by atoms with Crippen LogP contribution in [-0.2, 0) is 6.42 Å². The lowest BCUT2D eigenvalue weighted by molar-refractivity contribution is 0.0989. The summed E-state index contributed by atoms with van der Waals surface area (Å²) in [5.41, 5.74) is 8.55. The molecule has 1 amide bonds. The summed E-state index contributed by atoms with van der Waals surface area (Å²) in [7, 11) is 0. The molecule has 96 valence electrons. The van der Waals surface area contributed by atoms with Crippen LogP contribution in [0.15, 0.2) is 36.5 Å². The third-order valence-electron chi connectivity index (χ3n) is 3.22. The maximum Gasteiger partial charge on any atom is 0.261 e. The van der Waals surface area contributed by atoms with Crippen molar-refractivity contribution in [3.8, 4) is 0 Å². The van der Waals surface area contributed by atoms with Crippen molar-refractivity contribution in [1.82, 2.24) is 4.98 Å². The fourth-order valence-corrected chi connectivity index (χ4v) is 2.49. The largest absolute Gasteiger partial charge is 0.397 e. The number of anilines is 2. The van der Waals surface area contributed by atoms with Crippen molar-refractivity contribution in [1.29, 1.82) is 0 Å². The highest BCUT2D eigenvalue weighted by Crippen LogP contribution is 2.30. The van der Waals surface area contributed by atoms with Crippen molar-refractivity contribution in [2.45, 2.75) is 6.42 Å². The van der Waals surface area contributed by atoms with E-state index in [0.29, 0.717) is 17.8 Å². The maximum atomic E-state index is 12.5. The average molecular weight is 274 g/mol. The van der Waals surface area contributed by atoms with Gasteiger partial charge in [-0.15, -0.1) is 0 Å². The van der Waals surface area contributed by atoms with E-state index >= 15 is 0 Å². The molecule has 2 aromatic rings. The molecule has 0 atom stereocenters. The Kier molecular flexibility index (Phi) is 2.87. The van der Waals surface area contributed by atoms with E-state index in [4.69, 9.17) is 17.3 Å². The fraction of sp³-hybridized carbons (Fsp3) is 0.143. The Balaban J connectivity index is 2.00. The van der Waals surface area contributed by atoms with Gasteiger partial charge in [-0.25, -0.2) is 4.98 Å². The Morgan fingerprint density at radius 3 is 3.00 bits per heavy atom. The second kappa shape index (κ2) is 4.55. The second-order valence-corrected chi connectivity index (χ2v) is 4.80. The molecule has 4 nitrogen and oxygen atoms in total. The first-order valence-corrected chi connectivity index (χ1v) is 6.35. The average Bonchev–Trinajstić information content (AvgIpc) is 2.84. The zero-order valence-electron chi connectivity index (χ0n) is 10.1. The van der Waals surface area contributed by atoms with Crippen LogP contribution in [0.1, 0.15) is 15.9 Å². The molecule has 1 aliphatic heterocycles. The molecule has 2 N–H and O–H groups in total. The van der Waals surface area contributed by atoms with E-state index in [1.54, 1.807) is 11.0 Å². The van der Waals surface area contributed by atoms with E-state index in [0.717, 1.165) is 12.1 Å². The summed E-state index contributed by atoms with van der Waals surface area (Å²) in [4.78, 5) is 18.2. The monoisotopic (exact) mass is 273 g/mol. The molecule has 0 saturated heterocycles. The van der Waals surface area contributed by atoms with Crippen molar-refractivity contribution in [2.75, 3.05) is 17.2 Å². The Morgan fingerprint density at radius 2 is 2.16 bits per heavy atom. The Hall–Kier alpha value is -2.07. The van der Waals surface area contributed by atoms with E-state index in [1.807, 2.05) is 24.3 Å². The standard InChI is InChI=1S/C14H12ClN3O/c15-13-11(7-10(16)8-17-13)14(19)18-6-5-9-3-1-2-4-12(9)18/h1-4,7-8H,5-6,16H2. The number of fused-ring (bicyclic) bond motifs is 1. The summed E-state index contributed by atoms with van der Waals surface area (Å²) >= 11 is 5.98. The molecule has 0 radical (unpaired) electrons. The van der Waals surface area contributed by atoms with Gasteiger partial charge in [-0.2, -0.15) is 0 Å². The number of halogens is 1. The molecule has 0 saturated carbocycles. The molecule has 0 bridgehead atoms. The van der Waals surface area contributed by atoms with Gasteiger partial charge >= 0.3 is 0 Å². The first kappa shape index (κ1) is 12.0. The van der Waals surface area contributed by atoms with E-state index in [-0.39, 0.29) is 11.1 Å². The van der Waals surface area contributed by atoms with Crippen molar-refractivity contribution < 1.29 is 4.79 Å². The number of nitrogens with zero attached hydrogens (tertiary/aromatic N) is 2. The predicted molar refractivity (Wildman–Crippen MR) is 75.5 cm³/mol. The third-order valence-corrected chi connectivity index (χ3v) is 3.52. The number of rotatable bonds is 1. The van der Waals surface area contributed by atoms with Crippen LogP contribution in [0.5, 0.6) is 0 Å². The molecule has 0 aliphatic carbocycles. The van der Waals surface area contributed by atoms with Gasteiger partial charge in [0.1, 0.15) is 5.15 Å². The first-order chi connectivity index (χ1) is 9.16. The van der Waals surface area contributed by atoms with Gasteiger partial charge in [-0.05, 0) is 24.1 Å². The zero-order chi connectivity index (χ0) is 13.4. The molecule has 1 aromatic carbocycles. The molecule has 0 fully saturated rings. The van der Waals surface area contributed by atoms with Gasteiger partial charge in [0, 0.05) is 12.2 Å². The Labute approximate surface area is 115 Å². The summed E-state index contributed by atoms with van der Waals surface area (Å²) in [5.74, 6) is -0.158. The number of nitrogens with two attached hydrogens (primary N) is 1. The van der Waals surface area contributed by atoms with Gasteiger partial charge in [0.2, 0.25) is 0 Å². The number of hydrogen-bond acceptors (Lipinski definition) is 3. The van der Waals surface area contributed by atoms with Crippen molar-refractivity contribution >= 4 is 28.9 Å². The summed E-state index contributed by atoms with van der Waals surface area (Å²) in [5, 5.41) is 0.184. The van der Waals surface area contributed by atoms with Gasteiger partial charge < -0.3 is 10.6 Å². The van der Waals surface area contributed by atoms with Gasteiger partial charge in [-0.1, -0.05) is 29.8 Å². The number of benzene rings is 1. The summed E-state index contributed by atoms with van der Waals surface area (Å²) in [6.07, 6.45) is 2.30. The van der Waals surface area contributed by atoms with Crippen LogP contribution in [0.25, 0.3) is 0 Å². The van der Waals surface area contributed by atoms with Crippen LogP contribution < -0.4 is 10.6 Å². The molecule has 3 rings (SSSR count). The molecule has 0 spiro atoms. The van der Waals surface area contributed by atoms with Crippen molar-refractivity contribution in [3.05, 3.63) is 52.8 Å². The zero-order valence-corrected chi connectivity index (χ0v) is 10.9. The lowest BCUT2D eigenvalue weighted by atomic mass is 10.2. The molecule has 0 unspecified atom stereocenters. The highest BCUT2D eigenvalue weighted by molar-refractivity contribution is 6.33. The van der Waals surface area contributed by atoms with Gasteiger partial charge in [0.15, 0.2) is 0 Å². The topological polar surface area (TPSA) is 59.2 Å². The highest BCUT2D eigenvalue weighted by atomic mass is 35.5. The van der Waals surface area contributed by atoms with Crippen LogP contribution >= 0.6 is 11.6 Å². The highest BCUT2D eigenvalue weighted by Gasteiger charge is 2.26. The van der Waals surface area contributed by atoms with E-state index < -0.39 is 0 Å².